The topological polar surface area (TPSA) is 21.3 Å². The normalized spacial score (nSPS) is 57.9. The fourth-order valence-electron chi connectivity index (χ4n) is 0.637. The molecule has 0 bridgehead atoms. The Bertz CT molecular complexity index is 171. The second kappa shape index (κ2) is 2.03. The molecule has 2 atom stereocenters. The first-order valence-corrected chi connectivity index (χ1v) is 2.67. The van der Waals surface area contributed by atoms with Crippen molar-refractivity contribution in [1.82, 2.24) is 5.32 Å². The summed E-state index contributed by atoms with van der Waals surface area (Å²) in [6.07, 6.45) is 0. The lowest BCUT2D eigenvalue weighted by atomic mass is 10.1. The van der Waals surface area contributed by atoms with Crippen LogP contribution >= 0.6 is 0 Å². The summed E-state index contributed by atoms with van der Waals surface area (Å²) in [4.78, 5) is 0. The lowest BCUT2D eigenvalue weighted by Gasteiger charge is -2.30. The van der Waals surface area contributed by atoms with Gasteiger partial charge in [-0.2, -0.15) is 0 Å². The molecule has 1 aliphatic rings. The number of morpholine rings is 1. The zero-order valence-electron chi connectivity index (χ0n) is 8.90. The molecule has 1 fully saturated rings. The van der Waals surface area contributed by atoms with Crippen molar-refractivity contribution in [2.45, 2.75) is 19.3 Å². The van der Waals surface area contributed by atoms with Crippen molar-refractivity contribution >= 4 is 0 Å². The third-order valence-electron chi connectivity index (χ3n) is 1.03. The second-order valence-electron chi connectivity index (χ2n) is 2.12. The quantitative estimate of drug-likeness (QED) is 0.498. The molecule has 1 heterocycles. The summed E-state index contributed by atoms with van der Waals surface area (Å²) in [6, 6.07) is 0. The Morgan fingerprint density at radius 3 is 3.38 bits per heavy atom. The van der Waals surface area contributed by atoms with E-state index in [1.165, 1.54) is 6.92 Å². The zero-order chi connectivity index (χ0) is 9.41. The fourth-order valence-corrected chi connectivity index (χ4v) is 0.637. The molecule has 0 saturated carbocycles. The van der Waals surface area contributed by atoms with E-state index in [9.17, 15) is 0 Å². The predicted octanol–water partition coefficient (Wildman–Crippen LogP) is 0.385. The van der Waals surface area contributed by atoms with E-state index in [-0.39, 0.29) is 0 Å². The molecule has 1 aliphatic heterocycles. The highest BCUT2D eigenvalue weighted by atomic mass is 16.5. The summed E-state index contributed by atoms with van der Waals surface area (Å²) < 4.78 is 34.1. The van der Waals surface area contributed by atoms with E-state index in [0.717, 1.165) is 0 Å². The van der Waals surface area contributed by atoms with Gasteiger partial charge in [-0.15, -0.1) is 0 Å². The van der Waals surface area contributed by atoms with Gasteiger partial charge in [-0.05, 0) is 13.8 Å². The summed E-state index contributed by atoms with van der Waals surface area (Å²) in [6.45, 7) is -0.820. The lowest BCUT2D eigenvalue weighted by molar-refractivity contribution is 0.0436. The highest BCUT2D eigenvalue weighted by Crippen LogP contribution is 2.04. The van der Waals surface area contributed by atoms with Gasteiger partial charge >= 0.3 is 0 Å². The minimum Gasteiger partial charge on any atom is -0.378 e. The predicted molar refractivity (Wildman–Crippen MR) is 32.9 cm³/mol. The zero-order valence-corrected chi connectivity index (χ0v) is 4.90. The van der Waals surface area contributed by atoms with Gasteiger partial charge in [-0.3, -0.25) is 0 Å². The molecule has 0 aromatic heterocycles. The Morgan fingerprint density at radius 2 is 2.88 bits per heavy atom. The molecule has 0 aliphatic carbocycles. The monoisotopic (exact) mass is 119 g/mol. The molecule has 48 valence electrons. The van der Waals surface area contributed by atoms with Crippen molar-refractivity contribution < 1.29 is 10.2 Å². The lowest BCUT2D eigenvalue weighted by Crippen LogP contribution is -2.49. The number of ether oxygens (including phenoxy) is 1. The van der Waals surface area contributed by atoms with E-state index in [1.807, 2.05) is 0 Å². The van der Waals surface area contributed by atoms with E-state index in [4.69, 9.17) is 10.2 Å². The molecule has 8 heavy (non-hydrogen) atoms. The van der Waals surface area contributed by atoms with E-state index >= 15 is 0 Å². The first-order chi connectivity index (χ1) is 5.38. The van der Waals surface area contributed by atoms with Gasteiger partial charge in [0.05, 0.1) is 14.6 Å². The van der Waals surface area contributed by atoms with Crippen LogP contribution in [-0.4, -0.2) is 25.3 Å². The third-order valence-corrected chi connectivity index (χ3v) is 1.03. The maximum absolute atomic E-state index is 7.44. The molecule has 0 spiro atoms. The molecule has 0 aromatic rings. The van der Waals surface area contributed by atoms with Gasteiger partial charge in [0.1, 0.15) is 0 Å². The van der Waals surface area contributed by atoms with Gasteiger partial charge in [-0.25, -0.2) is 0 Å². The van der Waals surface area contributed by atoms with Crippen molar-refractivity contribution in [3.63, 3.8) is 0 Å². The first-order valence-electron chi connectivity index (χ1n) is 4.74. The van der Waals surface area contributed by atoms with Gasteiger partial charge in [0.25, 0.3) is 0 Å². The maximum Gasteiger partial charge on any atom is 0.0643 e. The molecule has 1 N–H and O–H groups in total. The highest BCUT2D eigenvalue weighted by Gasteiger charge is 2.19. The Morgan fingerprint density at radius 1 is 2.00 bits per heavy atom. The van der Waals surface area contributed by atoms with Crippen LogP contribution in [0.4, 0.5) is 0 Å². The van der Waals surface area contributed by atoms with Crippen LogP contribution in [0, 0.1) is 0 Å². The maximum atomic E-state index is 7.44. The molecule has 0 radical (unpaired) electrons. The van der Waals surface area contributed by atoms with Gasteiger partial charge in [-0.1, -0.05) is 0 Å². The molecule has 1 saturated heterocycles. The molecule has 0 amide bonds. The Balaban J connectivity index is 2.79. The van der Waals surface area contributed by atoms with Crippen molar-refractivity contribution in [1.29, 1.82) is 0 Å². The smallest absolute Gasteiger partial charge is 0.0643 e. The standard InChI is InChI=1S/C6H13NO/c1-6(2)5-8-4-3-7-6/h7H,3-5H2,1-2H3/i1D3,5D. The summed E-state index contributed by atoms with van der Waals surface area (Å²) in [5.41, 5.74) is -1.23. The van der Waals surface area contributed by atoms with E-state index in [1.54, 1.807) is 0 Å². The average Bonchev–Trinajstić information content (AvgIpc) is 1.93. The number of hydrogen-bond donors (Lipinski definition) is 1. The minimum absolute atomic E-state index is 0.403. The van der Waals surface area contributed by atoms with Crippen LogP contribution in [0.15, 0.2) is 0 Å². The summed E-state index contributed by atoms with van der Waals surface area (Å²) in [7, 11) is 0. The van der Waals surface area contributed by atoms with Crippen LogP contribution in [0.2, 0.25) is 0 Å². The van der Waals surface area contributed by atoms with Crippen LogP contribution in [0.5, 0.6) is 0 Å². The van der Waals surface area contributed by atoms with Gasteiger partial charge in [0, 0.05) is 16.2 Å². The Hall–Kier alpha value is -0.0800. The molecular formula is C6H13NO. The first kappa shape index (κ1) is 2.67. The molecule has 2 unspecified atom stereocenters. The fraction of sp³-hybridized carbons (Fsp3) is 1.00. The number of rotatable bonds is 0. The second-order valence-corrected chi connectivity index (χ2v) is 2.12. The third kappa shape index (κ3) is 1.46. The molecule has 0 aromatic carbocycles. The van der Waals surface area contributed by atoms with Crippen LogP contribution in [-0.2, 0) is 4.74 Å². The molecule has 2 nitrogen and oxygen atoms in total. The van der Waals surface area contributed by atoms with Crippen molar-refractivity contribution in [2.24, 2.45) is 0 Å². The summed E-state index contributed by atoms with van der Waals surface area (Å²) >= 11 is 0. The number of hydrogen-bond acceptors (Lipinski definition) is 2. The largest absolute Gasteiger partial charge is 0.378 e. The van der Waals surface area contributed by atoms with Gasteiger partial charge in [0.2, 0.25) is 0 Å². The molecule has 1 rings (SSSR count). The van der Waals surface area contributed by atoms with Crippen molar-refractivity contribution in [2.75, 3.05) is 19.7 Å². The Kier molecular flexibility index (Phi) is 0.679. The van der Waals surface area contributed by atoms with Crippen molar-refractivity contribution in [3.05, 3.63) is 0 Å². The molecule has 2 heteroatoms. The molecular weight excluding hydrogens is 102 g/mol. The SMILES string of the molecule is [2H]C1OCCNC1(C)C([2H])([2H])[2H]. The van der Waals surface area contributed by atoms with Crippen molar-refractivity contribution in [3.8, 4) is 0 Å². The minimum atomic E-state index is -2.19. The summed E-state index contributed by atoms with van der Waals surface area (Å²) in [5, 5.41) is 2.81. The van der Waals surface area contributed by atoms with Crippen LogP contribution in [0.3, 0.4) is 0 Å². The number of nitrogens with one attached hydrogen (secondary N) is 1. The van der Waals surface area contributed by atoms with Gasteiger partial charge < -0.3 is 10.1 Å². The Labute approximate surface area is 55.8 Å². The van der Waals surface area contributed by atoms with E-state index in [0.29, 0.717) is 13.2 Å². The van der Waals surface area contributed by atoms with Crippen LogP contribution < -0.4 is 5.32 Å². The highest BCUT2D eigenvalue weighted by molar-refractivity contribution is 4.79. The van der Waals surface area contributed by atoms with Crippen LogP contribution in [0.25, 0.3) is 0 Å². The summed E-state index contributed by atoms with van der Waals surface area (Å²) in [5.74, 6) is 0. The van der Waals surface area contributed by atoms with E-state index < -0.39 is 19.0 Å². The van der Waals surface area contributed by atoms with Crippen LogP contribution in [0.1, 0.15) is 19.3 Å². The average molecular weight is 119 g/mol. The van der Waals surface area contributed by atoms with Gasteiger partial charge in [0.15, 0.2) is 0 Å². The van der Waals surface area contributed by atoms with E-state index in [2.05, 4.69) is 5.32 Å².